The Morgan fingerprint density at radius 3 is 2.83 bits per heavy atom. The smallest absolute Gasteiger partial charge is 0.257 e. The Kier molecular flexibility index (Phi) is 7.06. The van der Waals surface area contributed by atoms with Crippen LogP contribution < -0.4 is 10.1 Å². The maximum absolute atomic E-state index is 11.5. The molecule has 2 aromatic rings. The highest BCUT2D eigenvalue weighted by Crippen LogP contribution is 2.27. The van der Waals surface area contributed by atoms with Crippen LogP contribution in [-0.4, -0.2) is 41.8 Å². The van der Waals surface area contributed by atoms with Gasteiger partial charge in [0.15, 0.2) is 6.61 Å². The zero-order valence-corrected chi connectivity index (χ0v) is 14.7. The third-order valence-electron chi connectivity index (χ3n) is 3.87. The highest BCUT2D eigenvalue weighted by Gasteiger charge is 2.18. The molecule has 0 atom stereocenters. The van der Waals surface area contributed by atoms with Crippen LogP contribution in [-0.2, 0) is 9.53 Å². The summed E-state index contributed by atoms with van der Waals surface area (Å²) < 4.78 is 13.2. The molecule has 1 aliphatic rings. The first-order valence-corrected chi connectivity index (χ1v) is 8.71. The average Bonchev–Trinajstić information content (AvgIpc) is 3.06. The maximum atomic E-state index is 11.5. The van der Waals surface area contributed by atoms with E-state index in [1.54, 1.807) is 0 Å². The van der Waals surface area contributed by atoms with Crippen LogP contribution in [0.25, 0.3) is 11.0 Å². The number of benzene rings is 1. The van der Waals surface area contributed by atoms with Crippen molar-refractivity contribution >= 4 is 16.9 Å². The fourth-order valence-electron chi connectivity index (χ4n) is 2.75. The molecule has 0 spiro atoms. The van der Waals surface area contributed by atoms with E-state index in [4.69, 9.17) is 9.47 Å². The average molecular weight is 333 g/mol. The zero-order chi connectivity index (χ0) is 17.4. The Labute approximate surface area is 143 Å². The lowest BCUT2D eigenvalue weighted by Crippen LogP contribution is -2.28. The Balaban J connectivity index is 0.00000100. The molecule has 1 aromatic heterocycles. The minimum Gasteiger partial charge on any atom is -0.484 e. The van der Waals surface area contributed by atoms with Crippen molar-refractivity contribution in [1.82, 2.24) is 14.9 Å². The van der Waals surface area contributed by atoms with Crippen molar-refractivity contribution in [2.24, 2.45) is 0 Å². The lowest BCUT2D eigenvalue weighted by atomic mass is 10.1. The molecule has 1 aromatic carbocycles. The van der Waals surface area contributed by atoms with Crippen molar-refractivity contribution in [1.29, 1.82) is 0 Å². The van der Waals surface area contributed by atoms with E-state index >= 15 is 0 Å². The number of carbonyl (C=O) groups excluding carboxylic acids is 1. The van der Waals surface area contributed by atoms with Crippen LogP contribution in [0, 0.1) is 0 Å². The Hall–Kier alpha value is -2.08. The number of nitrogens with one attached hydrogen (secondary N) is 1. The molecule has 1 fully saturated rings. The molecule has 0 unspecified atom stereocenters. The lowest BCUT2D eigenvalue weighted by Gasteiger charge is -2.24. The molecule has 1 amide bonds. The van der Waals surface area contributed by atoms with Crippen molar-refractivity contribution in [3.63, 3.8) is 0 Å². The van der Waals surface area contributed by atoms with Gasteiger partial charge in [-0.15, -0.1) is 0 Å². The number of amides is 1. The van der Waals surface area contributed by atoms with Crippen molar-refractivity contribution in [2.75, 3.05) is 26.4 Å². The van der Waals surface area contributed by atoms with E-state index in [1.807, 2.05) is 45.3 Å². The largest absolute Gasteiger partial charge is 0.484 e. The summed E-state index contributed by atoms with van der Waals surface area (Å²) in [5.41, 5.74) is 1.98. The molecule has 0 radical (unpaired) electrons. The molecule has 1 aliphatic heterocycles. The molecular formula is C18H27N3O3. The van der Waals surface area contributed by atoms with Gasteiger partial charge in [0, 0.05) is 31.9 Å². The fraction of sp³-hybridized carbons (Fsp3) is 0.556. The van der Waals surface area contributed by atoms with Crippen LogP contribution >= 0.6 is 0 Å². The first-order valence-electron chi connectivity index (χ1n) is 8.71. The van der Waals surface area contributed by atoms with E-state index in [-0.39, 0.29) is 12.5 Å². The first kappa shape index (κ1) is 18.3. The van der Waals surface area contributed by atoms with E-state index in [0.29, 0.717) is 18.3 Å². The topological polar surface area (TPSA) is 65.4 Å². The Morgan fingerprint density at radius 1 is 1.38 bits per heavy atom. The van der Waals surface area contributed by atoms with E-state index < -0.39 is 0 Å². The predicted octanol–water partition coefficient (Wildman–Crippen LogP) is 2.93. The van der Waals surface area contributed by atoms with Gasteiger partial charge in [-0.25, -0.2) is 4.98 Å². The van der Waals surface area contributed by atoms with Gasteiger partial charge < -0.3 is 19.4 Å². The van der Waals surface area contributed by atoms with Gasteiger partial charge in [-0.05, 0) is 31.9 Å². The van der Waals surface area contributed by atoms with Gasteiger partial charge >= 0.3 is 0 Å². The second-order valence-electron chi connectivity index (χ2n) is 5.39. The minimum atomic E-state index is -0.111. The zero-order valence-electron chi connectivity index (χ0n) is 14.7. The van der Waals surface area contributed by atoms with Gasteiger partial charge in [0.1, 0.15) is 5.75 Å². The molecule has 2 heterocycles. The third-order valence-corrected chi connectivity index (χ3v) is 3.87. The number of hydrogen-bond acceptors (Lipinski definition) is 4. The molecule has 1 saturated heterocycles. The number of nitrogens with zero attached hydrogens (tertiary/aromatic N) is 2. The second kappa shape index (κ2) is 9.27. The molecular weight excluding hydrogens is 306 g/mol. The van der Waals surface area contributed by atoms with Crippen LogP contribution in [0.4, 0.5) is 0 Å². The maximum Gasteiger partial charge on any atom is 0.257 e. The Bertz CT molecular complexity index is 648. The van der Waals surface area contributed by atoms with Gasteiger partial charge in [0.2, 0.25) is 0 Å². The normalized spacial score (nSPS) is 14.8. The van der Waals surface area contributed by atoms with E-state index in [2.05, 4.69) is 14.9 Å². The fourth-order valence-corrected chi connectivity index (χ4v) is 2.75. The predicted molar refractivity (Wildman–Crippen MR) is 94.3 cm³/mol. The summed E-state index contributed by atoms with van der Waals surface area (Å²) in [4.78, 5) is 15.9. The number of likely N-dealkylation sites (N-methyl/N-ethyl adjacent to an activating group) is 1. The van der Waals surface area contributed by atoms with Crippen molar-refractivity contribution in [2.45, 2.75) is 39.7 Å². The summed E-state index contributed by atoms with van der Waals surface area (Å²) in [6, 6.07) is 6.15. The van der Waals surface area contributed by atoms with Crippen LogP contribution in [0.2, 0.25) is 0 Å². The number of rotatable bonds is 5. The molecule has 0 bridgehead atoms. The highest BCUT2D eigenvalue weighted by atomic mass is 16.5. The summed E-state index contributed by atoms with van der Waals surface area (Å²) in [5.74, 6) is 0.577. The van der Waals surface area contributed by atoms with Gasteiger partial charge in [-0.3, -0.25) is 4.79 Å². The van der Waals surface area contributed by atoms with Crippen molar-refractivity contribution in [3.8, 4) is 5.75 Å². The second-order valence-corrected chi connectivity index (χ2v) is 5.39. The first-order chi connectivity index (χ1) is 11.8. The molecule has 0 saturated carbocycles. The van der Waals surface area contributed by atoms with E-state index in [1.165, 1.54) is 0 Å². The molecule has 132 valence electrons. The standard InChI is InChI=1S/C16H21N3O3.C2H6/c1-2-17-16(20)10-22-13-3-4-14-15(9-13)19(11-18-14)12-5-7-21-8-6-12;1-2/h3-4,9,11-12H,2,5-8,10H2,1H3,(H,17,20);1-2H3. The lowest BCUT2D eigenvalue weighted by molar-refractivity contribution is -0.122. The highest BCUT2D eigenvalue weighted by molar-refractivity contribution is 5.79. The molecule has 1 N–H and O–H groups in total. The van der Waals surface area contributed by atoms with E-state index in [0.717, 1.165) is 37.1 Å². The SMILES string of the molecule is CC.CCNC(=O)COc1ccc2ncn(C3CCOCC3)c2c1. The molecule has 6 heteroatoms. The number of carbonyl (C=O) groups is 1. The summed E-state index contributed by atoms with van der Waals surface area (Å²) in [5, 5.41) is 2.72. The number of ether oxygens (including phenoxy) is 2. The summed E-state index contributed by atoms with van der Waals surface area (Å²) in [6.07, 6.45) is 3.87. The molecule has 3 rings (SSSR count). The van der Waals surface area contributed by atoms with E-state index in [9.17, 15) is 4.79 Å². The molecule has 24 heavy (non-hydrogen) atoms. The number of imidazole rings is 1. The van der Waals surface area contributed by atoms with Crippen LogP contribution in [0.1, 0.15) is 39.7 Å². The monoisotopic (exact) mass is 333 g/mol. The van der Waals surface area contributed by atoms with Crippen LogP contribution in [0.3, 0.4) is 0 Å². The Morgan fingerprint density at radius 2 is 2.12 bits per heavy atom. The number of aromatic nitrogens is 2. The third kappa shape index (κ3) is 4.47. The van der Waals surface area contributed by atoms with Gasteiger partial charge in [-0.1, -0.05) is 13.8 Å². The van der Waals surface area contributed by atoms with Crippen LogP contribution in [0.15, 0.2) is 24.5 Å². The summed E-state index contributed by atoms with van der Waals surface area (Å²) >= 11 is 0. The number of fused-ring (bicyclic) bond motifs is 1. The van der Waals surface area contributed by atoms with Gasteiger partial charge in [-0.2, -0.15) is 0 Å². The van der Waals surface area contributed by atoms with Gasteiger partial charge in [0.05, 0.1) is 17.4 Å². The molecule has 6 nitrogen and oxygen atoms in total. The molecule has 0 aliphatic carbocycles. The quantitative estimate of drug-likeness (QED) is 0.914. The summed E-state index contributed by atoms with van der Waals surface area (Å²) in [7, 11) is 0. The number of hydrogen-bond donors (Lipinski definition) is 1. The van der Waals surface area contributed by atoms with Crippen LogP contribution in [0.5, 0.6) is 5.75 Å². The van der Waals surface area contributed by atoms with Crippen molar-refractivity contribution < 1.29 is 14.3 Å². The van der Waals surface area contributed by atoms with Gasteiger partial charge in [0.25, 0.3) is 5.91 Å². The minimum absolute atomic E-state index is 0.0325. The van der Waals surface area contributed by atoms with Crippen molar-refractivity contribution in [3.05, 3.63) is 24.5 Å². The summed E-state index contributed by atoms with van der Waals surface area (Å²) in [6.45, 7) is 8.11.